The van der Waals surface area contributed by atoms with Crippen molar-refractivity contribution in [3.63, 3.8) is 0 Å². The molecule has 0 radical (unpaired) electrons. The van der Waals surface area contributed by atoms with E-state index in [1.54, 1.807) is 19.1 Å². The van der Waals surface area contributed by atoms with Crippen molar-refractivity contribution in [2.45, 2.75) is 154 Å². The summed E-state index contributed by atoms with van der Waals surface area (Å²) in [5.74, 6) is -2.48. The normalized spacial score (nSPS) is 44.8. The molecule has 13 heteroatoms. The SMILES string of the molecule is CC(=O)O[C@H]1[C@@H](OC(C)=O)[C@H](C)O[C@@H](OCC(=O)[C@@]23O[C@H](C4CCCCC4)O[C@@H]2CC2C4CCC5=CC(=O)C=C[C@]5(C)C4[C@@H](O)C[C@@]23C)[C@@H]1OC(C)=O. The van der Waals surface area contributed by atoms with Gasteiger partial charge in [-0.15, -0.1) is 0 Å². The van der Waals surface area contributed by atoms with E-state index < -0.39 is 90.1 Å². The first kappa shape index (κ1) is 38.3. The van der Waals surface area contributed by atoms with Crippen molar-refractivity contribution < 1.29 is 62.2 Å². The van der Waals surface area contributed by atoms with Crippen molar-refractivity contribution in [3.05, 3.63) is 23.8 Å². The second-order valence-electron chi connectivity index (χ2n) is 16.9. The molecule has 292 valence electrons. The highest BCUT2D eigenvalue weighted by Gasteiger charge is 2.76. The molecule has 1 N–H and O–H groups in total. The van der Waals surface area contributed by atoms with Crippen LogP contribution in [-0.4, -0.2) is 96.0 Å². The van der Waals surface area contributed by atoms with Crippen molar-refractivity contribution >= 4 is 29.5 Å². The van der Waals surface area contributed by atoms with E-state index in [1.807, 2.05) is 6.08 Å². The largest absolute Gasteiger partial charge is 0.456 e. The minimum absolute atomic E-state index is 0.0286. The lowest BCUT2D eigenvalue weighted by atomic mass is 9.46. The van der Waals surface area contributed by atoms with E-state index in [1.165, 1.54) is 20.8 Å². The van der Waals surface area contributed by atoms with Crippen LogP contribution in [0.1, 0.15) is 99.3 Å². The fourth-order valence-corrected chi connectivity index (χ4v) is 11.6. The minimum atomic E-state index is -1.45. The van der Waals surface area contributed by atoms with Crippen LogP contribution >= 0.6 is 0 Å². The van der Waals surface area contributed by atoms with Gasteiger partial charge in [-0.1, -0.05) is 44.8 Å². The number of hydrogen-bond donors (Lipinski definition) is 1. The van der Waals surface area contributed by atoms with Gasteiger partial charge in [0.15, 0.2) is 48.1 Å². The van der Waals surface area contributed by atoms with Crippen LogP contribution < -0.4 is 0 Å². The van der Waals surface area contributed by atoms with Crippen LogP contribution in [0, 0.1) is 34.5 Å². The predicted molar refractivity (Wildman–Crippen MR) is 184 cm³/mol. The van der Waals surface area contributed by atoms with Crippen LogP contribution in [-0.2, 0) is 57.1 Å². The second-order valence-corrected chi connectivity index (χ2v) is 16.9. The monoisotopic (exact) mass is 742 g/mol. The maximum atomic E-state index is 15.1. The van der Waals surface area contributed by atoms with Gasteiger partial charge in [-0.05, 0) is 69.4 Å². The molecule has 53 heavy (non-hydrogen) atoms. The van der Waals surface area contributed by atoms with Crippen molar-refractivity contribution in [1.82, 2.24) is 0 Å². The number of Topliss-reactive ketones (excluding diaryl/α,β-unsaturated/α-hetero) is 1. The number of ketones is 2. The highest BCUT2D eigenvalue weighted by atomic mass is 16.8. The molecule has 14 atom stereocenters. The van der Waals surface area contributed by atoms with Crippen molar-refractivity contribution in [1.29, 1.82) is 0 Å². The summed E-state index contributed by atoms with van der Waals surface area (Å²) >= 11 is 0. The Morgan fingerprint density at radius 1 is 0.906 bits per heavy atom. The Hall–Kier alpha value is -2.97. The zero-order valence-electron chi connectivity index (χ0n) is 31.6. The molecule has 13 nitrogen and oxygen atoms in total. The molecule has 0 amide bonds. The number of carbonyl (C=O) groups is 5. The van der Waals surface area contributed by atoms with Crippen LogP contribution in [0.4, 0.5) is 0 Å². The average Bonchev–Trinajstić information content (AvgIpc) is 3.59. The number of carbonyl (C=O) groups excluding carboxylic acids is 5. The molecule has 0 aromatic heterocycles. The first-order valence-electron chi connectivity index (χ1n) is 19.4. The quantitative estimate of drug-likeness (QED) is 0.279. The van der Waals surface area contributed by atoms with Gasteiger partial charge < -0.3 is 38.3 Å². The van der Waals surface area contributed by atoms with E-state index in [-0.39, 0.29) is 41.7 Å². The van der Waals surface area contributed by atoms with Gasteiger partial charge in [0, 0.05) is 43.4 Å². The lowest BCUT2D eigenvalue weighted by molar-refractivity contribution is -0.300. The number of ether oxygens (including phenoxy) is 7. The third kappa shape index (κ3) is 6.41. The Morgan fingerprint density at radius 3 is 2.25 bits per heavy atom. The molecule has 4 saturated carbocycles. The Bertz CT molecular complexity index is 1560. The summed E-state index contributed by atoms with van der Waals surface area (Å²) in [5, 5.41) is 12.2. The molecule has 0 bridgehead atoms. The van der Waals surface area contributed by atoms with Gasteiger partial charge in [0.05, 0.1) is 18.3 Å². The third-order valence-electron chi connectivity index (χ3n) is 13.7. The lowest BCUT2D eigenvalue weighted by Gasteiger charge is -2.59. The summed E-state index contributed by atoms with van der Waals surface area (Å²) in [6.45, 7) is 8.82. The predicted octanol–water partition coefficient (Wildman–Crippen LogP) is 4.06. The van der Waals surface area contributed by atoms with Gasteiger partial charge in [0.2, 0.25) is 0 Å². The van der Waals surface area contributed by atoms with E-state index in [0.29, 0.717) is 6.42 Å². The molecule has 2 heterocycles. The first-order chi connectivity index (χ1) is 25.1. The van der Waals surface area contributed by atoms with E-state index in [9.17, 15) is 24.3 Å². The van der Waals surface area contributed by atoms with E-state index in [2.05, 4.69) is 13.8 Å². The summed E-state index contributed by atoms with van der Waals surface area (Å²) in [4.78, 5) is 63.9. The molecule has 7 rings (SSSR count). The molecule has 0 aromatic rings. The zero-order valence-corrected chi connectivity index (χ0v) is 31.6. The number of esters is 3. The molecule has 0 spiro atoms. The van der Waals surface area contributed by atoms with E-state index >= 15 is 4.79 Å². The zero-order chi connectivity index (χ0) is 38.0. The fourth-order valence-electron chi connectivity index (χ4n) is 11.6. The van der Waals surface area contributed by atoms with Crippen LogP contribution in [0.2, 0.25) is 0 Å². The van der Waals surface area contributed by atoms with Gasteiger partial charge in [-0.25, -0.2) is 0 Å². The average molecular weight is 743 g/mol. The first-order valence-corrected chi connectivity index (χ1v) is 19.4. The molecule has 0 aromatic carbocycles. The molecular weight excluding hydrogens is 688 g/mol. The Labute approximate surface area is 310 Å². The number of aliphatic hydroxyl groups is 1. The van der Waals surface area contributed by atoms with Gasteiger partial charge in [-0.3, -0.25) is 24.0 Å². The summed E-state index contributed by atoms with van der Waals surface area (Å²) in [5.41, 5.74) is -1.72. The number of fused-ring (bicyclic) bond motifs is 7. The van der Waals surface area contributed by atoms with Crippen molar-refractivity contribution in [3.8, 4) is 0 Å². The highest BCUT2D eigenvalue weighted by molar-refractivity contribution is 6.01. The molecule has 5 aliphatic carbocycles. The Kier molecular flexibility index (Phi) is 10.3. The molecule has 2 saturated heterocycles. The molecule has 3 unspecified atom stereocenters. The van der Waals surface area contributed by atoms with Gasteiger partial charge >= 0.3 is 17.9 Å². The highest BCUT2D eigenvalue weighted by Crippen LogP contribution is 2.70. The summed E-state index contributed by atoms with van der Waals surface area (Å²) in [7, 11) is 0. The maximum Gasteiger partial charge on any atom is 0.303 e. The molecule has 6 fully saturated rings. The fraction of sp³-hybridized carbons (Fsp3) is 0.775. The van der Waals surface area contributed by atoms with Crippen molar-refractivity contribution in [2.75, 3.05) is 6.61 Å². The second kappa shape index (κ2) is 14.3. The van der Waals surface area contributed by atoms with Gasteiger partial charge in [0.1, 0.15) is 6.61 Å². The topological polar surface area (TPSA) is 170 Å². The summed E-state index contributed by atoms with van der Waals surface area (Å²) in [6.07, 6.45) is 4.84. The molecule has 7 aliphatic rings. The number of aliphatic hydroxyl groups excluding tert-OH is 1. The van der Waals surface area contributed by atoms with Crippen LogP contribution in [0.15, 0.2) is 23.8 Å². The van der Waals surface area contributed by atoms with E-state index in [4.69, 9.17) is 33.2 Å². The molecular formula is C40H54O13. The summed E-state index contributed by atoms with van der Waals surface area (Å²) in [6, 6.07) is 0. The van der Waals surface area contributed by atoms with Crippen LogP contribution in [0.25, 0.3) is 0 Å². The third-order valence-corrected chi connectivity index (χ3v) is 13.7. The number of allylic oxidation sites excluding steroid dienone is 4. The van der Waals surface area contributed by atoms with Gasteiger partial charge in [-0.2, -0.15) is 0 Å². The van der Waals surface area contributed by atoms with Crippen LogP contribution in [0.3, 0.4) is 0 Å². The maximum absolute atomic E-state index is 15.1. The van der Waals surface area contributed by atoms with Gasteiger partial charge in [0.25, 0.3) is 0 Å². The lowest BCUT2D eigenvalue weighted by Crippen LogP contribution is -2.64. The molecule has 2 aliphatic heterocycles. The Morgan fingerprint density at radius 2 is 1.57 bits per heavy atom. The van der Waals surface area contributed by atoms with E-state index in [0.717, 1.165) is 50.5 Å². The standard InChI is InChI=1S/C40H54O13/c1-20-33(49-21(2)41)34(50-22(3)42)35(51-23(4)43)37(48-20)47-19-30(46)40-31(52-36(53-40)24-10-8-7-9-11-24)17-28-27-13-12-25-16-26(44)14-15-38(25,5)32(27)29(45)18-39(28,40)6/h14-16,20,24,27-29,31-37,45H,7-13,17-19H2,1-6H3/t20-,27?,28?,29-,31+,32?,33-,34-,35+,36+,37+,38-,39-,40+/m0/s1. The smallest absolute Gasteiger partial charge is 0.303 e. The van der Waals surface area contributed by atoms with Crippen molar-refractivity contribution in [2.24, 2.45) is 34.5 Å². The van der Waals surface area contributed by atoms with Crippen LogP contribution in [0.5, 0.6) is 0 Å². The number of rotatable bonds is 8. The Balaban J connectivity index is 1.20. The number of hydrogen-bond acceptors (Lipinski definition) is 13. The minimum Gasteiger partial charge on any atom is -0.456 e. The summed E-state index contributed by atoms with van der Waals surface area (Å²) < 4.78 is 42.7.